The van der Waals surface area contributed by atoms with E-state index in [2.05, 4.69) is 5.32 Å². The molecule has 7 heteroatoms. The molecule has 0 aliphatic carbocycles. The number of nitriles is 1. The van der Waals surface area contributed by atoms with E-state index in [0.29, 0.717) is 11.3 Å². The Morgan fingerprint density at radius 3 is 2.33 bits per heavy atom. The summed E-state index contributed by atoms with van der Waals surface area (Å²) >= 11 is 0. The highest BCUT2D eigenvalue weighted by molar-refractivity contribution is 5.96. The van der Waals surface area contributed by atoms with Crippen LogP contribution in [0.1, 0.15) is 17.2 Å². The Bertz CT molecular complexity index is 1060. The second-order valence-electron chi connectivity index (χ2n) is 6.17. The molecule has 3 aromatic rings. The molecule has 0 heterocycles. The summed E-state index contributed by atoms with van der Waals surface area (Å²) in [6, 6.07) is 22.1. The molecule has 150 valence electrons. The van der Waals surface area contributed by atoms with Gasteiger partial charge in [0.15, 0.2) is 6.61 Å². The van der Waals surface area contributed by atoms with Crippen LogP contribution in [0.3, 0.4) is 0 Å². The predicted molar refractivity (Wildman–Crippen MR) is 107 cm³/mol. The molecule has 0 fully saturated rings. The van der Waals surface area contributed by atoms with Crippen LogP contribution in [0.2, 0.25) is 0 Å². The highest BCUT2D eigenvalue weighted by Gasteiger charge is 2.25. The number of rotatable bonds is 7. The summed E-state index contributed by atoms with van der Waals surface area (Å²) in [5.41, 5.74) is 1.10. The first-order valence-electron chi connectivity index (χ1n) is 8.99. The van der Waals surface area contributed by atoms with Gasteiger partial charge in [-0.3, -0.25) is 4.79 Å². The molecule has 1 N–H and O–H groups in total. The van der Waals surface area contributed by atoms with Crippen LogP contribution >= 0.6 is 0 Å². The maximum absolute atomic E-state index is 13.1. The highest BCUT2D eigenvalue weighted by Crippen LogP contribution is 2.21. The van der Waals surface area contributed by atoms with Crippen molar-refractivity contribution in [1.29, 1.82) is 5.26 Å². The van der Waals surface area contributed by atoms with Crippen LogP contribution in [0.5, 0.6) is 5.75 Å². The number of nitrogens with zero attached hydrogens (tertiary/aromatic N) is 1. The molecule has 30 heavy (non-hydrogen) atoms. The van der Waals surface area contributed by atoms with E-state index < -0.39 is 30.4 Å². The summed E-state index contributed by atoms with van der Waals surface area (Å²) < 4.78 is 23.8. The van der Waals surface area contributed by atoms with Crippen molar-refractivity contribution in [3.63, 3.8) is 0 Å². The minimum atomic E-state index is -1.24. The van der Waals surface area contributed by atoms with E-state index in [1.54, 1.807) is 54.6 Å². The number of esters is 1. The third-order valence-electron chi connectivity index (χ3n) is 4.05. The number of benzene rings is 3. The molecule has 0 aliphatic heterocycles. The minimum Gasteiger partial charge on any atom is -0.481 e. The van der Waals surface area contributed by atoms with E-state index in [9.17, 15) is 14.0 Å². The molecule has 0 radical (unpaired) electrons. The van der Waals surface area contributed by atoms with Crippen molar-refractivity contribution in [1.82, 2.24) is 0 Å². The summed E-state index contributed by atoms with van der Waals surface area (Å²) in [5, 5.41) is 11.7. The molecule has 3 aromatic carbocycles. The van der Waals surface area contributed by atoms with Crippen LogP contribution in [0.4, 0.5) is 10.1 Å². The first kappa shape index (κ1) is 20.6. The average Bonchev–Trinajstić information content (AvgIpc) is 2.78. The average molecular weight is 404 g/mol. The van der Waals surface area contributed by atoms with Crippen molar-refractivity contribution in [3.8, 4) is 11.8 Å². The lowest BCUT2D eigenvalue weighted by molar-refractivity contribution is -0.156. The number of halogens is 1. The molecule has 0 aliphatic rings. The van der Waals surface area contributed by atoms with Gasteiger partial charge in [0.2, 0.25) is 6.10 Å². The molecule has 0 aromatic heterocycles. The third kappa shape index (κ3) is 5.42. The van der Waals surface area contributed by atoms with E-state index in [1.165, 1.54) is 24.3 Å². The fraction of sp³-hybridized carbons (Fsp3) is 0.0870. The Morgan fingerprint density at radius 1 is 0.967 bits per heavy atom. The van der Waals surface area contributed by atoms with Gasteiger partial charge in [-0.25, -0.2) is 9.18 Å². The van der Waals surface area contributed by atoms with Crippen LogP contribution in [0.15, 0.2) is 78.9 Å². The van der Waals surface area contributed by atoms with E-state index in [1.807, 2.05) is 6.07 Å². The van der Waals surface area contributed by atoms with Crippen molar-refractivity contribution >= 4 is 17.6 Å². The Labute approximate surface area is 172 Å². The van der Waals surface area contributed by atoms with Crippen molar-refractivity contribution in [3.05, 3.63) is 95.8 Å². The minimum absolute atomic E-state index is 0.240. The van der Waals surface area contributed by atoms with Crippen molar-refractivity contribution in [2.24, 2.45) is 0 Å². The maximum Gasteiger partial charge on any atom is 0.345 e. The second-order valence-corrected chi connectivity index (χ2v) is 6.17. The third-order valence-corrected chi connectivity index (χ3v) is 4.05. The fourth-order valence-electron chi connectivity index (χ4n) is 2.63. The van der Waals surface area contributed by atoms with Gasteiger partial charge in [-0.2, -0.15) is 5.26 Å². The van der Waals surface area contributed by atoms with Gasteiger partial charge in [-0.05, 0) is 36.4 Å². The van der Waals surface area contributed by atoms with Crippen LogP contribution in [-0.4, -0.2) is 18.5 Å². The SMILES string of the molecule is N#Cc1ccccc1OCC(=O)O[C@@H](C(=O)Nc1ccc(F)cc1)c1ccccc1. The molecule has 0 bridgehead atoms. The van der Waals surface area contributed by atoms with E-state index >= 15 is 0 Å². The monoisotopic (exact) mass is 404 g/mol. The summed E-state index contributed by atoms with van der Waals surface area (Å²) in [6.07, 6.45) is -1.24. The normalized spacial score (nSPS) is 11.1. The fourth-order valence-corrected chi connectivity index (χ4v) is 2.63. The van der Waals surface area contributed by atoms with Crippen molar-refractivity contribution in [2.75, 3.05) is 11.9 Å². The molecule has 0 saturated heterocycles. The number of amides is 1. The van der Waals surface area contributed by atoms with Gasteiger partial charge in [0.25, 0.3) is 5.91 Å². The number of carbonyl (C=O) groups excluding carboxylic acids is 2. The van der Waals surface area contributed by atoms with E-state index in [-0.39, 0.29) is 11.3 Å². The zero-order valence-corrected chi connectivity index (χ0v) is 15.7. The molecule has 0 spiro atoms. The van der Waals surface area contributed by atoms with Gasteiger partial charge in [0.05, 0.1) is 5.56 Å². The molecule has 0 saturated carbocycles. The van der Waals surface area contributed by atoms with E-state index in [4.69, 9.17) is 14.7 Å². The summed E-state index contributed by atoms with van der Waals surface area (Å²) in [7, 11) is 0. The maximum atomic E-state index is 13.1. The Balaban J connectivity index is 1.71. The topological polar surface area (TPSA) is 88.4 Å². The lowest BCUT2D eigenvalue weighted by Gasteiger charge is -2.18. The molecule has 0 unspecified atom stereocenters. The lowest BCUT2D eigenvalue weighted by atomic mass is 10.1. The van der Waals surface area contributed by atoms with E-state index in [0.717, 1.165) is 0 Å². The van der Waals surface area contributed by atoms with Crippen LogP contribution < -0.4 is 10.1 Å². The molecule has 6 nitrogen and oxygen atoms in total. The number of para-hydroxylation sites is 1. The van der Waals surface area contributed by atoms with Crippen molar-refractivity contribution < 1.29 is 23.5 Å². The number of ether oxygens (including phenoxy) is 2. The highest BCUT2D eigenvalue weighted by atomic mass is 19.1. The van der Waals surface area contributed by atoms with Gasteiger partial charge < -0.3 is 14.8 Å². The first-order valence-corrected chi connectivity index (χ1v) is 8.99. The Kier molecular flexibility index (Phi) is 6.74. The van der Waals surface area contributed by atoms with Crippen LogP contribution in [-0.2, 0) is 14.3 Å². The van der Waals surface area contributed by atoms with Gasteiger partial charge in [0.1, 0.15) is 17.6 Å². The molecule has 1 atom stereocenters. The predicted octanol–water partition coefficient (Wildman–Crippen LogP) is 4.00. The van der Waals surface area contributed by atoms with Crippen molar-refractivity contribution in [2.45, 2.75) is 6.10 Å². The Hall–Kier alpha value is -4.18. The van der Waals surface area contributed by atoms with Gasteiger partial charge >= 0.3 is 5.97 Å². The van der Waals surface area contributed by atoms with Crippen LogP contribution in [0.25, 0.3) is 0 Å². The largest absolute Gasteiger partial charge is 0.481 e. The number of carbonyl (C=O) groups is 2. The zero-order chi connectivity index (χ0) is 21.3. The van der Waals surface area contributed by atoms with Gasteiger partial charge in [-0.15, -0.1) is 0 Å². The summed E-state index contributed by atoms with van der Waals surface area (Å²) in [6.45, 7) is -0.480. The Morgan fingerprint density at radius 2 is 1.63 bits per heavy atom. The molecular weight excluding hydrogens is 387 g/mol. The van der Waals surface area contributed by atoms with Gasteiger partial charge in [-0.1, -0.05) is 42.5 Å². The number of hydrogen-bond acceptors (Lipinski definition) is 5. The zero-order valence-electron chi connectivity index (χ0n) is 15.7. The second kappa shape index (κ2) is 9.85. The standard InChI is InChI=1S/C23H17FN2O4/c24-18-10-12-19(13-11-18)26-23(28)22(16-6-2-1-3-7-16)30-21(27)15-29-20-9-5-4-8-17(20)14-25/h1-13,22H,15H2,(H,26,28)/t22-/m1/s1. The number of nitrogens with one attached hydrogen (secondary N) is 1. The quantitative estimate of drug-likeness (QED) is 0.602. The number of hydrogen-bond donors (Lipinski definition) is 1. The summed E-state index contributed by atoms with van der Waals surface area (Å²) in [4.78, 5) is 25.1. The molecule has 1 amide bonds. The number of anilines is 1. The molecular formula is C23H17FN2O4. The van der Waals surface area contributed by atoms with Crippen LogP contribution in [0, 0.1) is 17.1 Å². The van der Waals surface area contributed by atoms with Gasteiger partial charge in [0, 0.05) is 11.3 Å². The summed E-state index contributed by atoms with van der Waals surface area (Å²) in [5.74, 6) is -1.58. The lowest BCUT2D eigenvalue weighted by Crippen LogP contribution is -2.28. The first-order chi connectivity index (χ1) is 14.6. The molecule has 3 rings (SSSR count). The smallest absolute Gasteiger partial charge is 0.345 e.